The summed E-state index contributed by atoms with van der Waals surface area (Å²) >= 11 is 0. The van der Waals surface area contributed by atoms with Crippen LogP contribution in [0.15, 0.2) is 170 Å². The summed E-state index contributed by atoms with van der Waals surface area (Å²) in [6.07, 6.45) is 2.13. The summed E-state index contributed by atoms with van der Waals surface area (Å²) in [5.74, 6) is 0.742. The average molecular weight is 709 g/mol. The van der Waals surface area contributed by atoms with Gasteiger partial charge in [-0.3, -0.25) is 0 Å². The summed E-state index contributed by atoms with van der Waals surface area (Å²) in [7, 11) is 0. The van der Waals surface area contributed by atoms with Crippen LogP contribution in [0.2, 0.25) is 0 Å². The SMILES string of the molecule is CC(COCC(C)c1cccc2ccccc12)c1cccc2ccccc12.CCC(OC(CC)c1ccc2ccccc2c1)c1ccc2ccccc2c1. The quantitative estimate of drug-likeness (QED) is 0.126. The molecule has 4 atom stereocenters. The van der Waals surface area contributed by atoms with Gasteiger partial charge in [0.2, 0.25) is 0 Å². The number of rotatable bonds is 12. The van der Waals surface area contributed by atoms with Crippen molar-refractivity contribution in [2.45, 2.75) is 64.6 Å². The summed E-state index contributed by atoms with van der Waals surface area (Å²) < 4.78 is 12.8. The highest BCUT2D eigenvalue weighted by Crippen LogP contribution is 2.34. The summed E-state index contributed by atoms with van der Waals surface area (Å²) in [6, 6.07) is 60.7. The van der Waals surface area contributed by atoms with Crippen molar-refractivity contribution in [1.29, 1.82) is 0 Å². The molecular weight excluding hydrogens is 657 g/mol. The topological polar surface area (TPSA) is 18.5 Å². The van der Waals surface area contributed by atoms with Crippen molar-refractivity contribution in [1.82, 2.24) is 0 Å². The van der Waals surface area contributed by atoms with Crippen molar-refractivity contribution < 1.29 is 9.47 Å². The van der Waals surface area contributed by atoms with E-state index >= 15 is 0 Å². The third-order valence-electron chi connectivity index (χ3n) is 10.8. The summed E-state index contributed by atoms with van der Waals surface area (Å²) in [4.78, 5) is 0. The maximum Gasteiger partial charge on any atom is 0.0830 e. The van der Waals surface area contributed by atoms with E-state index in [9.17, 15) is 0 Å². The van der Waals surface area contributed by atoms with Crippen LogP contribution in [0, 0.1) is 0 Å². The minimum atomic E-state index is 0.103. The normalized spacial score (nSPS) is 13.7. The molecule has 0 N–H and O–H groups in total. The van der Waals surface area contributed by atoms with E-state index in [1.54, 1.807) is 0 Å². The Morgan fingerprint density at radius 3 is 1.19 bits per heavy atom. The second kappa shape index (κ2) is 17.7. The Morgan fingerprint density at radius 1 is 0.389 bits per heavy atom. The number of ether oxygens (including phenoxy) is 2. The molecule has 0 spiro atoms. The van der Waals surface area contributed by atoms with Crippen LogP contribution in [0.3, 0.4) is 0 Å². The monoisotopic (exact) mass is 708 g/mol. The molecule has 0 aliphatic heterocycles. The fourth-order valence-corrected chi connectivity index (χ4v) is 7.80. The molecule has 8 rings (SSSR count). The van der Waals surface area contributed by atoms with Crippen LogP contribution in [-0.2, 0) is 9.47 Å². The lowest BCUT2D eigenvalue weighted by Gasteiger charge is -2.25. The summed E-state index contributed by atoms with van der Waals surface area (Å²) in [6.45, 7) is 10.4. The number of benzene rings is 8. The van der Waals surface area contributed by atoms with Gasteiger partial charge in [0.25, 0.3) is 0 Å². The third kappa shape index (κ3) is 8.57. The second-order valence-electron chi connectivity index (χ2n) is 14.6. The molecule has 54 heavy (non-hydrogen) atoms. The number of fused-ring (bicyclic) bond motifs is 4. The highest BCUT2D eigenvalue weighted by atomic mass is 16.5. The van der Waals surface area contributed by atoms with Crippen molar-refractivity contribution in [3.63, 3.8) is 0 Å². The van der Waals surface area contributed by atoms with Crippen LogP contribution >= 0.6 is 0 Å². The van der Waals surface area contributed by atoms with Gasteiger partial charge in [-0.05, 0) is 90.3 Å². The largest absolute Gasteiger partial charge is 0.380 e. The van der Waals surface area contributed by atoms with Crippen LogP contribution in [0.1, 0.15) is 86.8 Å². The van der Waals surface area contributed by atoms with Crippen molar-refractivity contribution >= 4 is 43.1 Å². The van der Waals surface area contributed by atoms with Crippen LogP contribution in [-0.4, -0.2) is 13.2 Å². The summed E-state index contributed by atoms with van der Waals surface area (Å²) in [5.41, 5.74) is 5.25. The molecule has 0 amide bonds. The van der Waals surface area contributed by atoms with E-state index in [-0.39, 0.29) is 12.2 Å². The lowest BCUT2D eigenvalue weighted by atomic mass is 9.94. The standard InChI is InChI=1S/2C26H26O/c1-19(23-15-7-11-21-9-3-5-13-25(21)23)17-27-18-20(2)24-16-8-12-22-10-4-6-14-26(22)24;1-3-25(23-15-13-19-9-5-7-11-21(19)17-23)27-26(4-2)24-16-14-20-10-6-8-12-22(20)18-24/h3-16,19-20H,17-18H2,1-2H3;5-18,25-26H,3-4H2,1-2H3. The van der Waals surface area contributed by atoms with Gasteiger partial charge in [0.1, 0.15) is 0 Å². The van der Waals surface area contributed by atoms with Gasteiger partial charge in [-0.2, -0.15) is 0 Å². The third-order valence-corrected chi connectivity index (χ3v) is 10.8. The molecule has 272 valence electrons. The number of hydrogen-bond acceptors (Lipinski definition) is 2. The first-order chi connectivity index (χ1) is 26.5. The maximum atomic E-state index is 6.62. The van der Waals surface area contributed by atoms with Gasteiger partial charge in [-0.25, -0.2) is 0 Å². The van der Waals surface area contributed by atoms with E-state index in [4.69, 9.17) is 9.47 Å². The van der Waals surface area contributed by atoms with Crippen molar-refractivity contribution in [2.75, 3.05) is 13.2 Å². The molecule has 0 aliphatic carbocycles. The lowest BCUT2D eigenvalue weighted by Crippen LogP contribution is -2.10. The van der Waals surface area contributed by atoms with Gasteiger partial charge in [0.05, 0.1) is 25.4 Å². The molecule has 2 heteroatoms. The first-order valence-corrected chi connectivity index (χ1v) is 19.7. The van der Waals surface area contributed by atoms with Crippen LogP contribution in [0.25, 0.3) is 43.1 Å². The zero-order valence-electron chi connectivity index (χ0n) is 32.1. The van der Waals surface area contributed by atoms with E-state index in [0.717, 1.165) is 26.1 Å². The molecule has 0 bridgehead atoms. The first-order valence-electron chi connectivity index (χ1n) is 19.7. The van der Waals surface area contributed by atoms with E-state index in [0.29, 0.717) is 11.8 Å². The zero-order chi connectivity index (χ0) is 37.3. The van der Waals surface area contributed by atoms with Gasteiger partial charge in [0, 0.05) is 11.8 Å². The average Bonchev–Trinajstić information content (AvgIpc) is 3.23. The molecule has 0 fully saturated rings. The molecule has 0 aliphatic rings. The van der Waals surface area contributed by atoms with Gasteiger partial charge >= 0.3 is 0 Å². The first kappa shape index (κ1) is 37.1. The highest BCUT2D eigenvalue weighted by molar-refractivity contribution is 5.87. The molecule has 0 radical (unpaired) electrons. The minimum Gasteiger partial charge on any atom is -0.380 e. The van der Waals surface area contributed by atoms with Gasteiger partial charge < -0.3 is 9.47 Å². The molecule has 2 nitrogen and oxygen atoms in total. The molecule has 0 saturated heterocycles. The smallest absolute Gasteiger partial charge is 0.0830 e. The Kier molecular flexibility index (Phi) is 12.1. The predicted molar refractivity (Wildman–Crippen MR) is 231 cm³/mol. The van der Waals surface area contributed by atoms with Crippen LogP contribution in [0.4, 0.5) is 0 Å². The Balaban J connectivity index is 0.000000167. The van der Waals surface area contributed by atoms with Crippen LogP contribution < -0.4 is 0 Å². The molecular formula is C52H52O2. The predicted octanol–water partition coefficient (Wildman–Crippen LogP) is 14.5. The molecule has 0 saturated carbocycles. The van der Waals surface area contributed by atoms with Gasteiger partial charge in [0.15, 0.2) is 0 Å². The highest BCUT2D eigenvalue weighted by Gasteiger charge is 2.19. The van der Waals surface area contributed by atoms with E-state index in [2.05, 4.69) is 198 Å². The van der Waals surface area contributed by atoms with Crippen molar-refractivity contribution in [2.24, 2.45) is 0 Å². The molecule has 0 aromatic heterocycles. The van der Waals surface area contributed by atoms with Gasteiger partial charge in [-0.1, -0.05) is 185 Å². The molecule has 4 unspecified atom stereocenters. The molecule has 8 aromatic rings. The fraction of sp³-hybridized carbons (Fsp3) is 0.231. The van der Waals surface area contributed by atoms with Crippen molar-refractivity contribution in [3.05, 3.63) is 192 Å². The minimum absolute atomic E-state index is 0.103. The van der Waals surface area contributed by atoms with E-state index in [1.165, 1.54) is 65.3 Å². The Bertz CT molecular complexity index is 2260. The lowest BCUT2D eigenvalue weighted by molar-refractivity contribution is -0.0190. The number of hydrogen-bond donors (Lipinski definition) is 0. The maximum absolute atomic E-state index is 6.62. The Labute approximate surface area is 321 Å². The van der Waals surface area contributed by atoms with Crippen LogP contribution in [0.5, 0.6) is 0 Å². The Morgan fingerprint density at radius 2 is 0.759 bits per heavy atom. The summed E-state index contributed by atoms with van der Waals surface area (Å²) in [5, 5.41) is 10.4. The van der Waals surface area contributed by atoms with E-state index in [1.807, 2.05) is 0 Å². The zero-order valence-corrected chi connectivity index (χ0v) is 32.1. The second-order valence-corrected chi connectivity index (χ2v) is 14.6. The van der Waals surface area contributed by atoms with Gasteiger partial charge in [-0.15, -0.1) is 0 Å². The molecule has 8 aromatic carbocycles. The van der Waals surface area contributed by atoms with E-state index < -0.39 is 0 Å². The molecule has 0 heterocycles. The van der Waals surface area contributed by atoms with Crippen molar-refractivity contribution in [3.8, 4) is 0 Å². The Hall–Kier alpha value is -5.28. The fourth-order valence-electron chi connectivity index (χ4n) is 7.80.